The predicted octanol–water partition coefficient (Wildman–Crippen LogP) is 3.56. The first-order valence-corrected chi connectivity index (χ1v) is 6.98. The summed E-state index contributed by atoms with van der Waals surface area (Å²) in [5.41, 5.74) is 2.78. The minimum atomic E-state index is 0.677. The molecular weight excluding hydrogens is 202 g/mol. The summed E-state index contributed by atoms with van der Waals surface area (Å²) in [4.78, 5) is 0. The van der Waals surface area contributed by atoms with Crippen LogP contribution in [0, 0.1) is 0 Å². The van der Waals surface area contributed by atoms with Gasteiger partial charge in [0.05, 0.1) is 0 Å². The highest BCUT2D eigenvalue weighted by Crippen LogP contribution is 2.23. The van der Waals surface area contributed by atoms with Crippen LogP contribution in [0.25, 0.3) is 0 Å². The Hall–Kier alpha value is -0.630. The molecule has 82 valence electrons. The van der Waals surface area contributed by atoms with E-state index in [9.17, 15) is 0 Å². The molecule has 0 aliphatic carbocycles. The van der Waals surface area contributed by atoms with Crippen molar-refractivity contribution < 1.29 is 0 Å². The summed E-state index contributed by atoms with van der Waals surface area (Å²) in [6.45, 7) is 2.22. The van der Waals surface area contributed by atoms with Crippen LogP contribution in [-0.2, 0) is 6.42 Å². The Morgan fingerprint density at radius 2 is 2.27 bits per heavy atom. The van der Waals surface area contributed by atoms with Gasteiger partial charge in [0.1, 0.15) is 0 Å². The van der Waals surface area contributed by atoms with E-state index in [0.717, 1.165) is 6.42 Å². The molecule has 1 nitrogen and oxygen atoms in total. The molecule has 1 aliphatic rings. The van der Waals surface area contributed by atoms with E-state index in [-0.39, 0.29) is 0 Å². The van der Waals surface area contributed by atoms with Gasteiger partial charge in [0.2, 0.25) is 0 Å². The van der Waals surface area contributed by atoms with Crippen molar-refractivity contribution in [1.29, 1.82) is 0 Å². The Bertz CT molecular complexity index is 305. The molecule has 0 saturated carbocycles. The number of aryl methyl sites for hydroxylation is 1. The maximum absolute atomic E-state index is 3.68. The SMILES string of the molecule is CCc1ccccc1NC1CCCSC1. The van der Waals surface area contributed by atoms with Crippen molar-refractivity contribution in [2.75, 3.05) is 16.8 Å². The molecular formula is C13H19NS. The maximum Gasteiger partial charge on any atom is 0.0375 e. The number of benzene rings is 1. The Morgan fingerprint density at radius 1 is 1.40 bits per heavy atom. The molecule has 1 aliphatic heterocycles. The van der Waals surface area contributed by atoms with E-state index in [1.807, 2.05) is 0 Å². The molecule has 0 spiro atoms. The molecule has 0 bridgehead atoms. The van der Waals surface area contributed by atoms with Crippen molar-refractivity contribution in [2.24, 2.45) is 0 Å². The Kier molecular flexibility index (Phi) is 3.95. The van der Waals surface area contributed by atoms with Gasteiger partial charge in [-0.15, -0.1) is 0 Å². The van der Waals surface area contributed by atoms with Crippen LogP contribution < -0.4 is 5.32 Å². The second-order valence-electron chi connectivity index (χ2n) is 4.07. The number of rotatable bonds is 3. The number of hydrogen-bond acceptors (Lipinski definition) is 2. The second kappa shape index (κ2) is 5.45. The summed E-state index contributed by atoms with van der Waals surface area (Å²) < 4.78 is 0. The summed E-state index contributed by atoms with van der Waals surface area (Å²) in [5.74, 6) is 2.60. The molecule has 1 atom stereocenters. The van der Waals surface area contributed by atoms with Crippen LogP contribution in [0.4, 0.5) is 5.69 Å². The van der Waals surface area contributed by atoms with Crippen LogP contribution in [-0.4, -0.2) is 17.5 Å². The van der Waals surface area contributed by atoms with E-state index in [0.29, 0.717) is 6.04 Å². The zero-order valence-corrected chi connectivity index (χ0v) is 10.1. The molecule has 0 aromatic heterocycles. The molecule has 0 radical (unpaired) electrons. The first kappa shape index (κ1) is 10.9. The minimum Gasteiger partial charge on any atom is -0.381 e. The van der Waals surface area contributed by atoms with Crippen molar-refractivity contribution in [3.8, 4) is 0 Å². The number of nitrogens with one attached hydrogen (secondary N) is 1. The number of anilines is 1. The highest BCUT2D eigenvalue weighted by Gasteiger charge is 2.13. The van der Waals surface area contributed by atoms with Gasteiger partial charge < -0.3 is 5.32 Å². The second-order valence-corrected chi connectivity index (χ2v) is 5.22. The first-order chi connectivity index (χ1) is 7.40. The summed E-state index contributed by atoms with van der Waals surface area (Å²) in [5, 5.41) is 3.68. The average Bonchev–Trinajstić information content (AvgIpc) is 2.31. The lowest BCUT2D eigenvalue weighted by atomic mass is 10.1. The molecule has 1 heterocycles. The quantitative estimate of drug-likeness (QED) is 0.837. The van der Waals surface area contributed by atoms with E-state index in [1.54, 1.807) is 0 Å². The largest absolute Gasteiger partial charge is 0.381 e. The summed E-state index contributed by atoms with van der Waals surface area (Å²) in [6.07, 6.45) is 3.80. The molecule has 1 unspecified atom stereocenters. The molecule has 2 heteroatoms. The topological polar surface area (TPSA) is 12.0 Å². The van der Waals surface area contributed by atoms with Crippen molar-refractivity contribution in [1.82, 2.24) is 0 Å². The van der Waals surface area contributed by atoms with Gasteiger partial charge in [-0.1, -0.05) is 25.1 Å². The van der Waals surface area contributed by atoms with Gasteiger partial charge in [0, 0.05) is 17.5 Å². The van der Waals surface area contributed by atoms with Crippen LogP contribution >= 0.6 is 11.8 Å². The molecule has 1 fully saturated rings. The summed E-state index contributed by atoms with van der Waals surface area (Å²) in [6, 6.07) is 9.35. The van der Waals surface area contributed by atoms with Gasteiger partial charge in [0.15, 0.2) is 0 Å². The zero-order valence-electron chi connectivity index (χ0n) is 9.33. The molecule has 0 amide bonds. The molecule has 1 N–H and O–H groups in total. The smallest absolute Gasteiger partial charge is 0.0375 e. The molecule has 2 rings (SSSR count). The fourth-order valence-electron chi connectivity index (χ4n) is 2.04. The van der Waals surface area contributed by atoms with Gasteiger partial charge in [-0.25, -0.2) is 0 Å². The normalized spacial score (nSPS) is 21.3. The lowest BCUT2D eigenvalue weighted by molar-refractivity contribution is 0.684. The standard InChI is InChI=1S/C13H19NS/c1-2-11-6-3-4-8-13(11)14-12-7-5-9-15-10-12/h3-4,6,8,12,14H,2,5,7,9-10H2,1H3. The molecule has 15 heavy (non-hydrogen) atoms. The van der Waals surface area contributed by atoms with Crippen molar-refractivity contribution in [2.45, 2.75) is 32.2 Å². The van der Waals surface area contributed by atoms with E-state index in [4.69, 9.17) is 0 Å². The van der Waals surface area contributed by atoms with Crippen LogP contribution in [0.5, 0.6) is 0 Å². The van der Waals surface area contributed by atoms with Crippen molar-refractivity contribution >= 4 is 17.4 Å². The van der Waals surface area contributed by atoms with Crippen molar-refractivity contribution in [3.05, 3.63) is 29.8 Å². The zero-order chi connectivity index (χ0) is 10.5. The first-order valence-electron chi connectivity index (χ1n) is 5.82. The Labute approximate surface area is 96.7 Å². The van der Waals surface area contributed by atoms with Crippen LogP contribution in [0.2, 0.25) is 0 Å². The van der Waals surface area contributed by atoms with E-state index in [1.165, 1.54) is 35.6 Å². The Balaban J connectivity index is 2.02. The van der Waals surface area contributed by atoms with E-state index < -0.39 is 0 Å². The van der Waals surface area contributed by atoms with Crippen LogP contribution in [0.1, 0.15) is 25.3 Å². The molecule has 1 aromatic carbocycles. The van der Waals surface area contributed by atoms with Crippen molar-refractivity contribution in [3.63, 3.8) is 0 Å². The fourth-order valence-corrected chi connectivity index (χ4v) is 3.12. The van der Waals surface area contributed by atoms with E-state index in [2.05, 4.69) is 48.3 Å². The highest BCUT2D eigenvalue weighted by atomic mass is 32.2. The van der Waals surface area contributed by atoms with E-state index >= 15 is 0 Å². The lowest BCUT2D eigenvalue weighted by Gasteiger charge is -2.24. The third kappa shape index (κ3) is 2.91. The number of hydrogen-bond donors (Lipinski definition) is 1. The molecule has 1 aromatic rings. The van der Waals surface area contributed by atoms with Gasteiger partial charge in [0.25, 0.3) is 0 Å². The summed E-state index contributed by atoms with van der Waals surface area (Å²) >= 11 is 2.07. The van der Waals surface area contributed by atoms with Gasteiger partial charge in [-0.2, -0.15) is 11.8 Å². The van der Waals surface area contributed by atoms with Gasteiger partial charge in [-0.05, 0) is 36.6 Å². The molecule has 1 saturated heterocycles. The predicted molar refractivity (Wildman–Crippen MR) is 69.8 cm³/mol. The summed E-state index contributed by atoms with van der Waals surface area (Å²) in [7, 11) is 0. The van der Waals surface area contributed by atoms with Crippen LogP contribution in [0.3, 0.4) is 0 Å². The monoisotopic (exact) mass is 221 g/mol. The lowest BCUT2D eigenvalue weighted by Crippen LogP contribution is -2.26. The van der Waals surface area contributed by atoms with Gasteiger partial charge >= 0.3 is 0 Å². The highest BCUT2D eigenvalue weighted by molar-refractivity contribution is 7.99. The minimum absolute atomic E-state index is 0.677. The fraction of sp³-hybridized carbons (Fsp3) is 0.538. The number of para-hydroxylation sites is 1. The third-order valence-corrected chi connectivity index (χ3v) is 4.13. The average molecular weight is 221 g/mol. The maximum atomic E-state index is 3.68. The number of thioether (sulfide) groups is 1. The van der Waals surface area contributed by atoms with Gasteiger partial charge in [-0.3, -0.25) is 0 Å². The Morgan fingerprint density at radius 3 is 3.00 bits per heavy atom. The third-order valence-electron chi connectivity index (χ3n) is 2.92. The van der Waals surface area contributed by atoms with Crippen LogP contribution in [0.15, 0.2) is 24.3 Å².